The van der Waals surface area contributed by atoms with Gasteiger partial charge in [-0.3, -0.25) is 4.68 Å². The first-order chi connectivity index (χ1) is 14.8. The summed E-state index contributed by atoms with van der Waals surface area (Å²) in [7, 11) is -1.87. The van der Waals surface area contributed by atoms with Crippen molar-refractivity contribution >= 4 is 27.3 Å². The van der Waals surface area contributed by atoms with Crippen LogP contribution >= 0.6 is 11.3 Å². The predicted molar refractivity (Wildman–Crippen MR) is 114 cm³/mol. The molecule has 1 aliphatic heterocycles. The highest BCUT2D eigenvalue weighted by Gasteiger charge is 2.27. The van der Waals surface area contributed by atoms with Gasteiger partial charge in [0.05, 0.1) is 35.6 Å². The van der Waals surface area contributed by atoms with E-state index in [9.17, 15) is 13.2 Å². The number of nitrogens with zero attached hydrogens (tertiary/aromatic N) is 4. The fourth-order valence-electron chi connectivity index (χ4n) is 3.17. The minimum atomic E-state index is -3.70. The summed E-state index contributed by atoms with van der Waals surface area (Å²) in [5, 5.41) is 6.73. The van der Waals surface area contributed by atoms with Crippen LogP contribution in [0.3, 0.4) is 0 Å². The lowest BCUT2D eigenvalue weighted by Crippen LogP contribution is -2.40. The van der Waals surface area contributed by atoms with Crippen LogP contribution in [0.1, 0.15) is 21.6 Å². The maximum Gasteiger partial charge on any atom is 0.338 e. The number of benzene rings is 1. The summed E-state index contributed by atoms with van der Waals surface area (Å²) in [6.45, 7) is 3.03. The lowest BCUT2D eigenvalue weighted by Gasteiger charge is -2.26. The fraction of sp³-hybridized carbons (Fsp3) is 0.350. The molecule has 3 aromatic rings. The number of aryl methyl sites for hydroxylation is 2. The molecule has 164 valence electrons. The third-order valence-electron chi connectivity index (χ3n) is 4.89. The van der Waals surface area contributed by atoms with Crippen LogP contribution in [0.15, 0.2) is 40.9 Å². The Kier molecular flexibility index (Phi) is 6.19. The number of hydrogen-bond acceptors (Lipinski definition) is 8. The third kappa shape index (κ3) is 4.69. The van der Waals surface area contributed by atoms with Crippen LogP contribution in [0, 0.1) is 6.92 Å². The average Bonchev–Trinajstić information content (AvgIpc) is 3.41. The third-order valence-corrected chi connectivity index (χ3v) is 7.73. The van der Waals surface area contributed by atoms with Gasteiger partial charge < -0.3 is 9.47 Å². The van der Waals surface area contributed by atoms with Gasteiger partial charge in [-0.2, -0.15) is 9.40 Å². The zero-order valence-corrected chi connectivity index (χ0v) is 18.8. The van der Waals surface area contributed by atoms with Gasteiger partial charge >= 0.3 is 5.97 Å². The molecular weight excluding hydrogens is 440 g/mol. The first-order valence-corrected chi connectivity index (χ1v) is 12.0. The molecule has 1 aliphatic rings. The SMILES string of the molecule is Cc1ccc(S(=O)(=O)N2CCOCC2)cc1C(=O)OCc1csc(-c2cnn(C)c2)n1. The highest BCUT2D eigenvalue weighted by Crippen LogP contribution is 2.24. The van der Waals surface area contributed by atoms with Gasteiger partial charge in [-0.25, -0.2) is 18.2 Å². The highest BCUT2D eigenvalue weighted by atomic mass is 32.2. The monoisotopic (exact) mass is 462 g/mol. The average molecular weight is 463 g/mol. The Morgan fingerprint density at radius 1 is 1.29 bits per heavy atom. The maximum atomic E-state index is 12.9. The zero-order chi connectivity index (χ0) is 22.0. The van der Waals surface area contributed by atoms with Gasteiger partial charge in [0.2, 0.25) is 10.0 Å². The number of carbonyl (C=O) groups is 1. The molecule has 1 fully saturated rings. The smallest absolute Gasteiger partial charge is 0.338 e. The van der Waals surface area contributed by atoms with Gasteiger partial charge in [0, 0.05) is 37.3 Å². The molecule has 0 spiro atoms. The predicted octanol–water partition coefficient (Wildman–Crippen LogP) is 2.23. The van der Waals surface area contributed by atoms with Crippen molar-refractivity contribution in [2.45, 2.75) is 18.4 Å². The summed E-state index contributed by atoms with van der Waals surface area (Å²) < 4.78 is 39.5. The topological polar surface area (TPSA) is 104 Å². The number of sulfonamides is 1. The van der Waals surface area contributed by atoms with Crippen molar-refractivity contribution in [2.24, 2.45) is 7.05 Å². The van der Waals surface area contributed by atoms with Crippen molar-refractivity contribution in [1.82, 2.24) is 19.1 Å². The number of thiazole rings is 1. The van der Waals surface area contributed by atoms with E-state index in [1.807, 2.05) is 18.6 Å². The van der Waals surface area contributed by atoms with E-state index in [1.54, 1.807) is 23.9 Å². The largest absolute Gasteiger partial charge is 0.456 e. The minimum Gasteiger partial charge on any atom is -0.456 e. The molecule has 11 heteroatoms. The number of carbonyl (C=O) groups excluding carboxylic acids is 1. The number of esters is 1. The summed E-state index contributed by atoms with van der Waals surface area (Å²) in [6.07, 6.45) is 3.58. The molecule has 31 heavy (non-hydrogen) atoms. The van der Waals surface area contributed by atoms with Crippen LogP contribution in [0.5, 0.6) is 0 Å². The molecule has 0 aliphatic carbocycles. The molecule has 0 saturated carbocycles. The van der Waals surface area contributed by atoms with Crippen LogP contribution in [-0.4, -0.2) is 59.8 Å². The van der Waals surface area contributed by atoms with Gasteiger partial charge in [-0.05, 0) is 24.6 Å². The van der Waals surface area contributed by atoms with E-state index < -0.39 is 16.0 Å². The van der Waals surface area contributed by atoms with Crippen LogP contribution in [0.25, 0.3) is 10.6 Å². The second-order valence-corrected chi connectivity index (χ2v) is 9.91. The van der Waals surface area contributed by atoms with Gasteiger partial charge in [0.1, 0.15) is 11.6 Å². The normalized spacial score (nSPS) is 15.2. The van der Waals surface area contributed by atoms with Crippen LogP contribution < -0.4 is 0 Å². The Morgan fingerprint density at radius 2 is 2.06 bits per heavy atom. The van der Waals surface area contributed by atoms with E-state index in [0.717, 1.165) is 10.6 Å². The van der Waals surface area contributed by atoms with E-state index in [0.29, 0.717) is 37.6 Å². The quantitative estimate of drug-likeness (QED) is 0.518. The van der Waals surface area contributed by atoms with Crippen LogP contribution in [-0.2, 0) is 33.2 Å². The summed E-state index contributed by atoms with van der Waals surface area (Å²) in [4.78, 5) is 17.2. The first kappa shape index (κ1) is 21.6. The van der Waals surface area contributed by atoms with Crippen molar-refractivity contribution in [3.05, 3.63) is 52.8 Å². The van der Waals surface area contributed by atoms with Gasteiger partial charge in [-0.15, -0.1) is 11.3 Å². The van der Waals surface area contributed by atoms with E-state index in [4.69, 9.17) is 9.47 Å². The molecule has 9 nitrogen and oxygen atoms in total. The zero-order valence-electron chi connectivity index (χ0n) is 17.1. The molecule has 0 radical (unpaired) electrons. The molecule has 0 bridgehead atoms. The summed E-state index contributed by atoms with van der Waals surface area (Å²) >= 11 is 1.44. The van der Waals surface area contributed by atoms with Crippen molar-refractivity contribution < 1.29 is 22.7 Å². The fourth-order valence-corrected chi connectivity index (χ4v) is 5.39. The standard InChI is InChI=1S/C20H22N4O5S2/c1-14-3-4-17(31(26,27)24-5-7-28-8-6-24)9-18(14)20(25)29-12-16-13-30-19(22-16)15-10-21-23(2)11-15/h3-4,9-11,13H,5-8,12H2,1-2H3. The molecule has 1 aromatic carbocycles. The highest BCUT2D eigenvalue weighted by molar-refractivity contribution is 7.89. The van der Waals surface area contributed by atoms with E-state index in [1.165, 1.54) is 27.8 Å². The Hall–Kier alpha value is -2.60. The second kappa shape index (κ2) is 8.87. The van der Waals surface area contributed by atoms with Gasteiger partial charge in [0.15, 0.2) is 0 Å². The van der Waals surface area contributed by atoms with Crippen LogP contribution in [0.2, 0.25) is 0 Å². The molecular formula is C20H22N4O5S2. The molecule has 0 unspecified atom stereocenters. The summed E-state index contributed by atoms with van der Waals surface area (Å²) in [6, 6.07) is 4.51. The van der Waals surface area contributed by atoms with Crippen molar-refractivity contribution in [1.29, 1.82) is 0 Å². The molecule has 0 amide bonds. The molecule has 3 heterocycles. The first-order valence-electron chi connectivity index (χ1n) is 9.64. The lowest BCUT2D eigenvalue weighted by molar-refractivity contribution is 0.0467. The number of morpholine rings is 1. The van der Waals surface area contributed by atoms with E-state index in [2.05, 4.69) is 10.1 Å². The van der Waals surface area contributed by atoms with Gasteiger partial charge in [-0.1, -0.05) is 6.07 Å². The number of hydrogen-bond donors (Lipinski definition) is 0. The molecule has 0 atom stereocenters. The second-order valence-electron chi connectivity index (χ2n) is 7.12. The number of aromatic nitrogens is 3. The van der Waals surface area contributed by atoms with E-state index >= 15 is 0 Å². The van der Waals surface area contributed by atoms with E-state index in [-0.39, 0.29) is 17.1 Å². The minimum absolute atomic E-state index is 0.00449. The Bertz CT molecular complexity index is 1200. The van der Waals surface area contributed by atoms with Crippen molar-refractivity contribution in [3.63, 3.8) is 0 Å². The number of ether oxygens (including phenoxy) is 2. The Balaban J connectivity index is 1.47. The van der Waals surface area contributed by atoms with Crippen molar-refractivity contribution in [2.75, 3.05) is 26.3 Å². The van der Waals surface area contributed by atoms with Gasteiger partial charge in [0.25, 0.3) is 0 Å². The Labute approximate surface area is 184 Å². The summed E-state index contributed by atoms with van der Waals surface area (Å²) in [5.41, 5.74) is 2.37. The van der Waals surface area contributed by atoms with Crippen molar-refractivity contribution in [3.8, 4) is 10.6 Å². The molecule has 4 rings (SSSR count). The molecule has 2 aromatic heterocycles. The van der Waals surface area contributed by atoms with Crippen LogP contribution in [0.4, 0.5) is 0 Å². The number of rotatable bonds is 6. The summed E-state index contributed by atoms with van der Waals surface area (Å²) in [5.74, 6) is -0.590. The molecule has 0 N–H and O–H groups in total. The maximum absolute atomic E-state index is 12.9. The Morgan fingerprint density at radius 3 is 2.77 bits per heavy atom. The molecule has 1 saturated heterocycles. The lowest BCUT2D eigenvalue weighted by atomic mass is 10.1.